The quantitative estimate of drug-likeness (QED) is 0.657. The molecule has 0 amide bonds. The Hall–Kier alpha value is -1.60. The van der Waals surface area contributed by atoms with E-state index >= 15 is 0 Å². The van der Waals surface area contributed by atoms with Crippen LogP contribution in [0.2, 0.25) is 0 Å². The molecule has 6 heteroatoms. The highest BCUT2D eigenvalue weighted by Crippen LogP contribution is 2.65. The van der Waals surface area contributed by atoms with Crippen LogP contribution in [0.3, 0.4) is 0 Å². The molecule has 2 heterocycles. The van der Waals surface area contributed by atoms with E-state index in [-0.39, 0.29) is 12.0 Å². The summed E-state index contributed by atoms with van der Waals surface area (Å²) < 4.78 is 11.9. The van der Waals surface area contributed by atoms with Crippen molar-refractivity contribution in [1.29, 1.82) is 0 Å². The minimum Gasteiger partial charge on any atom is -0.383 e. The maximum Gasteiger partial charge on any atom is 0.201 e. The second-order valence-electron chi connectivity index (χ2n) is 10.8. The molecule has 7 atom stereocenters. The van der Waals surface area contributed by atoms with E-state index in [4.69, 9.17) is 9.47 Å². The van der Waals surface area contributed by atoms with Gasteiger partial charge in [-0.25, -0.2) is 0 Å². The molecule has 6 nitrogen and oxygen atoms in total. The topological polar surface area (TPSA) is 93.1 Å². The zero-order chi connectivity index (χ0) is 22.3. The molecule has 1 unspecified atom stereocenters. The van der Waals surface area contributed by atoms with Crippen molar-refractivity contribution in [1.82, 2.24) is 0 Å². The summed E-state index contributed by atoms with van der Waals surface area (Å²) in [5.74, 6) is -1.19. The molecule has 5 aliphatic rings. The number of aliphatic hydroxyl groups excluding tert-OH is 1. The maximum absolute atomic E-state index is 13.0. The fourth-order valence-corrected chi connectivity index (χ4v) is 6.89. The minimum atomic E-state index is -2.08. The third-order valence-electron chi connectivity index (χ3n) is 8.72. The highest BCUT2D eigenvalue weighted by atomic mass is 16.7. The number of carbonyl (C=O) groups excluding carboxylic acids is 2. The van der Waals surface area contributed by atoms with Gasteiger partial charge in [0.05, 0.1) is 18.6 Å². The number of fused-ring (bicyclic) bond motifs is 7. The average molecular weight is 429 g/mol. The molecule has 2 N–H and O–H groups in total. The number of ether oxygens (including phenoxy) is 2. The Labute approximate surface area is 183 Å². The summed E-state index contributed by atoms with van der Waals surface area (Å²) in [5, 5.41) is 21.7. The number of allylic oxidation sites excluding steroid dienone is 4. The summed E-state index contributed by atoms with van der Waals surface area (Å²) >= 11 is 0. The van der Waals surface area contributed by atoms with Gasteiger partial charge in [-0.3, -0.25) is 9.59 Å². The van der Waals surface area contributed by atoms with Crippen LogP contribution in [-0.4, -0.2) is 53.0 Å². The monoisotopic (exact) mass is 428 g/mol. The fourth-order valence-electron chi connectivity index (χ4n) is 6.89. The SMILES string of the molecule is CC(C)C1=C2C3=CC=C(C=O)[C@@H]4C(O[C@@H]5OC[C@@H](O)C(=O)[C@@]54O)[C@]3(C)CC[C@@]2(C)CC1. The maximum atomic E-state index is 13.0. The first-order chi connectivity index (χ1) is 14.6. The van der Waals surface area contributed by atoms with E-state index in [1.807, 2.05) is 6.08 Å². The van der Waals surface area contributed by atoms with E-state index in [1.165, 1.54) is 11.1 Å². The van der Waals surface area contributed by atoms with E-state index < -0.39 is 41.2 Å². The van der Waals surface area contributed by atoms with Gasteiger partial charge in [0.25, 0.3) is 0 Å². The third-order valence-corrected chi connectivity index (χ3v) is 8.72. The van der Waals surface area contributed by atoms with Gasteiger partial charge >= 0.3 is 0 Å². The first kappa shape index (κ1) is 21.3. The third kappa shape index (κ3) is 2.59. The molecular weight excluding hydrogens is 396 g/mol. The Kier molecular flexibility index (Phi) is 4.60. The number of aldehydes is 1. The summed E-state index contributed by atoms with van der Waals surface area (Å²) in [6.45, 7) is 8.69. The normalized spacial score (nSPS) is 46.6. The average Bonchev–Trinajstić information content (AvgIpc) is 3.20. The lowest BCUT2D eigenvalue weighted by Gasteiger charge is -2.49. The standard InChI is InChI=1S/C25H32O6/c1-13(2)15-7-8-23(3)9-10-24(4)16(19(15)23)6-5-14(11-26)18-21(24)31-22-25(18,29)20(28)17(27)12-30-22/h5-6,11,13,17-18,21-22,27,29H,7-10,12H2,1-4H3/t17-,18-,21?,22+,23-,24-,25-/m1/s1. The van der Waals surface area contributed by atoms with Crippen LogP contribution in [0.25, 0.3) is 0 Å². The smallest absolute Gasteiger partial charge is 0.201 e. The number of hydrogen-bond donors (Lipinski definition) is 2. The Morgan fingerprint density at radius 1 is 1.19 bits per heavy atom. The molecule has 1 saturated carbocycles. The molecule has 31 heavy (non-hydrogen) atoms. The molecule has 0 aromatic heterocycles. The van der Waals surface area contributed by atoms with E-state index in [1.54, 1.807) is 6.08 Å². The van der Waals surface area contributed by atoms with E-state index in [0.29, 0.717) is 17.8 Å². The zero-order valence-electron chi connectivity index (χ0n) is 18.7. The second-order valence-corrected chi connectivity index (χ2v) is 10.8. The van der Waals surface area contributed by atoms with Crippen LogP contribution < -0.4 is 0 Å². The highest BCUT2D eigenvalue weighted by Gasteiger charge is 2.69. The van der Waals surface area contributed by atoms with Crippen molar-refractivity contribution in [3.05, 3.63) is 34.4 Å². The summed E-state index contributed by atoms with van der Waals surface area (Å²) in [6, 6.07) is 0. The summed E-state index contributed by atoms with van der Waals surface area (Å²) in [4.78, 5) is 25.1. The number of Topliss-reactive ketones (excluding diaryl/α,β-unsaturated/α-hetero) is 1. The summed E-state index contributed by atoms with van der Waals surface area (Å²) in [6.07, 6.45) is 5.24. The van der Waals surface area contributed by atoms with Crippen LogP contribution in [0.1, 0.15) is 53.4 Å². The molecule has 0 bridgehead atoms. The second kappa shape index (κ2) is 6.70. The van der Waals surface area contributed by atoms with Crippen molar-refractivity contribution in [3.8, 4) is 0 Å². The largest absolute Gasteiger partial charge is 0.383 e. The van der Waals surface area contributed by atoms with Crippen LogP contribution in [-0.2, 0) is 19.1 Å². The minimum absolute atomic E-state index is 0.0880. The van der Waals surface area contributed by atoms with E-state index in [9.17, 15) is 19.8 Å². The van der Waals surface area contributed by atoms with Crippen LogP contribution in [0.15, 0.2) is 34.4 Å². The Morgan fingerprint density at radius 3 is 2.61 bits per heavy atom. The lowest BCUT2D eigenvalue weighted by molar-refractivity contribution is -0.238. The molecule has 5 rings (SSSR count). The number of aliphatic hydroxyl groups is 2. The van der Waals surface area contributed by atoms with Crippen molar-refractivity contribution in [2.45, 2.75) is 77.5 Å². The van der Waals surface area contributed by atoms with Gasteiger partial charge in [0, 0.05) is 11.0 Å². The number of rotatable bonds is 2. The predicted molar refractivity (Wildman–Crippen MR) is 113 cm³/mol. The van der Waals surface area contributed by atoms with Crippen LogP contribution in [0.5, 0.6) is 0 Å². The van der Waals surface area contributed by atoms with Crippen molar-refractivity contribution in [3.63, 3.8) is 0 Å². The first-order valence-corrected chi connectivity index (χ1v) is 11.4. The van der Waals surface area contributed by atoms with Gasteiger partial charge in [0.2, 0.25) is 5.78 Å². The summed E-state index contributed by atoms with van der Waals surface area (Å²) in [5.41, 5.74) is 1.82. The van der Waals surface area contributed by atoms with Gasteiger partial charge in [-0.05, 0) is 48.2 Å². The number of carbonyl (C=O) groups is 2. The first-order valence-electron chi connectivity index (χ1n) is 11.4. The van der Waals surface area contributed by atoms with Crippen LogP contribution in [0.4, 0.5) is 0 Å². The van der Waals surface area contributed by atoms with Gasteiger partial charge < -0.3 is 19.7 Å². The van der Waals surface area contributed by atoms with Gasteiger partial charge in [-0.2, -0.15) is 0 Å². The number of hydrogen-bond acceptors (Lipinski definition) is 6. The van der Waals surface area contributed by atoms with Crippen molar-refractivity contribution in [2.75, 3.05) is 6.61 Å². The molecule has 0 aromatic rings. The molecule has 3 aliphatic carbocycles. The molecule has 0 aromatic carbocycles. The zero-order valence-corrected chi connectivity index (χ0v) is 18.7. The van der Waals surface area contributed by atoms with Crippen molar-refractivity contribution in [2.24, 2.45) is 22.7 Å². The fraction of sp³-hybridized carbons (Fsp3) is 0.680. The molecule has 0 spiro atoms. The Morgan fingerprint density at radius 2 is 1.94 bits per heavy atom. The Bertz CT molecular complexity index is 944. The van der Waals surface area contributed by atoms with Crippen molar-refractivity contribution >= 4 is 12.1 Å². The van der Waals surface area contributed by atoms with E-state index in [2.05, 4.69) is 27.7 Å². The molecule has 2 aliphatic heterocycles. The van der Waals surface area contributed by atoms with Gasteiger partial charge in [0.1, 0.15) is 12.4 Å². The lowest BCUT2D eigenvalue weighted by atomic mass is 9.56. The van der Waals surface area contributed by atoms with Gasteiger partial charge in [-0.1, -0.05) is 45.4 Å². The molecule has 0 radical (unpaired) electrons. The molecule has 168 valence electrons. The Balaban J connectivity index is 1.70. The lowest BCUT2D eigenvalue weighted by Crippen LogP contribution is -2.62. The summed E-state index contributed by atoms with van der Waals surface area (Å²) in [7, 11) is 0. The van der Waals surface area contributed by atoms with Crippen LogP contribution in [0, 0.1) is 22.7 Å². The van der Waals surface area contributed by atoms with Gasteiger partial charge in [0.15, 0.2) is 11.9 Å². The number of ketones is 1. The predicted octanol–water partition coefficient (Wildman–Crippen LogP) is 2.64. The molecule has 3 fully saturated rings. The van der Waals surface area contributed by atoms with E-state index in [0.717, 1.165) is 31.3 Å². The molecular formula is C25H32O6. The molecule has 2 saturated heterocycles. The van der Waals surface area contributed by atoms with Gasteiger partial charge in [-0.15, -0.1) is 0 Å². The highest BCUT2D eigenvalue weighted by molar-refractivity contribution is 5.95. The van der Waals surface area contributed by atoms with Crippen LogP contribution >= 0.6 is 0 Å². The van der Waals surface area contributed by atoms with Crippen molar-refractivity contribution < 1.29 is 29.3 Å².